The van der Waals surface area contributed by atoms with Gasteiger partial charge in [-0.3, -0.25) is 0 Å². The Labute approximate surface area is 130 Å². The summed E-state index contributed by atoms with van der Waals surface area (Å²) in [6.45, 7) is 2.31. The topological polar surface area (TPSA) is 63.6 Å². The maximum Gasteiger partial charge on any atom is 0.339 e. The van der Waals surface area contributed by atoms with E-state index >= 15 is 0 Å². The maximum atomic E-state index is 11.6. The van der Waals surface area contributed by atoms with E-state index in [-0.39, 0.29) is 11.1 Å². The number of carbonyl (C=O) groups is 2. The van der Waals surface area contributed by atoms with Crippen LogP contribution in [0.15, 0.2) is 60.7 Å². The van der Waals surface area contributed by atoms with Gasteiger partial charge >= 0.3 is 11.9 Å². The number of esters is 1. The first-order valence-corrected chi connectivity index (χ1v) is 7.16. The van der Waals surface area contributed by atoms with Gasteiger partial charge in [-0.1, -0.05) is 61.9 Å². The highest BCUT2D eigenvalue weighted by Gasteiger charge is 2.16. The largest absolute Gasteiger partial charge is 0.478 e. The molecule has 0 aliphatic heterocycles. The highest BCUT2D eigenvalue weighted by molar-refractivity contribution is 6.02. The highest BCUT2D eigenvalue weighted by atomic mass is 16.5. The predicted molar refractivity (Wildman–Crippen MR) is 85.0 cm³/mol. The Morgan fingerprint density at radius 3 is 1.86 bits per heavy atom. The summed E-state index contributed by atoms with van der Waals surface area (Å²) in [6.07, 6.45) is 1.70. The van der Waals surface area contributed by atoms with Gasteiger partial charge in [0, 0.05) is 0 Å². The van der Waals surface area contributed by atoms with Crippen molar-refractivity contribution < 1.29 is 19.4 Å². The third kappa shape index (κ3) is 6.22. The Morgan fingerprint density at radius 1 is 0.909 bits per heavy atom. The minimum atomic E-state index is -1.12. The second kappa shape index (κ2) is 10.2. The molecule has 4 heteroatoms. The van der Waals surface area contributed by atoms with Gasteiger partial charge in [-0.2, -0.15) is 0 Å². The first kappa shape index (κ1) is 17.4. The predicted octanol–water partition coefficient (Wildman–Crippen LogP) is 4.03. The van der Waals surface area contributed by atoms with Crippen LogP contribution in [0.1, 0.15) is 40.5 Å². The molecule has 4 nitrogen and oxygen atoms in total. The van der Waals surface area contributed by atoms with Crippen LogP contribution in [0.3, 0.4) is 0 Å². The van der Waals surface area contributed by atoms with Gasteiger partial charge in [-0.15, -0.1) is 0 Å². The fourth-order valence-electron chi connectivity index (χ4n) is 1.62. The summed E-state index contributed by atoms with van der Waals surface area (Å²) in [5.74, 6) is -1.70. The molecule has 0 amide bonds. The lowest BCUT2D eigenvalue weighted by Crippen LogP contribution is -2.12. The van der Waals surface area contributed by atoms with Crippen LogP contribution in [0, 0.1) is 0 Å². The van der Waals surface area contributed by atoms with Crippen LogP contribution in [0.25, 0.3) is 0 Å². The van der Waals surface area contributed by atoms with Crippen LogP contribution in [0.4, 0.5) is 0 Å². The summed E-state index contributed by atoms with van der Waals surface area (Å²) in [7, 11) is 0. The van der Waals surface area contributed by atoms with E-state index in [1.54, 1.807) is 12.1 Å². The summed E-state index contributed by atoms with van der Waals surface area (Å²) >= 11 is 0. The number of unbranched alkanes of at least 4 members (excludes halogenated alkanes) is 1. The minimum Gasteiger partial charge on any atom is -0.478 e. The number of carbonyl (C=O) groups excluding carboxylic acids is 1. The van der Waals surface area contributed by atoms with E-state index in [0.29, 0.717) is 6.61 Å². The number of carboxylic acids is 1. The normalized spacial score (nSPS) is 9.32. The van der Waals surface area contributed by atoms with Crippen molar-refractivity contribution in [3.05, 3.63) is 71.8 Å². The Hall–Kier alpha value is -2.62. The number of rotatable bonds is 5. The van der Waals surface area contributed by atoms with Crippen LogP contribution in [-0.2, 0) is 4.74 Å². The van der Waals surface area contributed by atoms with Crippen molar-refractivity contribution in [3.8, 4) is 0 Å². The molecule has 0 bridgehead atoms. The van der Waals surface area contributed by atoms with E-state index < -0.39 is 11.9 Å². The first-order valence-electron chi connectivity index (χ1n) is 7.16. The zero-order valence-electron chi connectivity index (χ0n) is 12.6. The molecule has 1 N–H and O–H groups in total. The van der Waals surface area contributed by atoms with Crippen molar-refractivity contribution in [2.75, 3.05) is 6.61 Å². The molecular weight excluding hydrogens is 280 g/mol. The molecule has 0 heterocycles. The fraction of sp³-hybridized carbons (Fsp3) is 0.222. The Kier molecular flexibility index (Phi) is 8.05. The molecule has 0 aliphatic carbocycles. The molecule has 0 saturated heterocycles. The molecule has 22 heavy (non-hydrogen) atoms. The molecule has 0 aromatic heterocycles. The van der Waals surface area contributed by atoms with Crippen LogP contribution < -0.4 is 0 Å². The second-order valence-corrected chi connectivity index (χ2v) is 4.49. The lowest BCUT2D eigenvalue weighted by Gasteiger charge is -2.06. The van der Waals surface area contributed by atoms with Gasteiger partial charge in [0.25, 0.3) is 0 Å². The van der Waals surface area contributed by atoms with Crippen molar-refractivity contribution in [1.82, 2.24) is 0 Å². The monoisotopic (exact) mass is 300 g/mol. The molecule has 2 rings (SSSR count). The van der Waals surface area contributed by atoms with E-state index in [1.807, 2.05) is 43.3 Å². The third-order valence-corrected chi connectivity index (χ3v) is 2.78. The smallest absolute Gasteiger partial charge is 0.339 e. The molecule has 0 fully saturated rings. The third-order valence-electron chi connectivity index (χ3n) is 2.78. The standard InChI is InChI=1S/C12H14O4.C6H6/c1-2-3-8-16-12(15)10-7-5-4-6-9(10)11(13)14;1-2-4-6-5-3-1/h4-7H,2-3,8H2,1H3,(H,13,14);1-6H. The van der Waals surface area contributed by atoms with Crippen molar-refractivity contribution in [2.45, 2.75) is 19.8 Å². The number of benzene rings is 2. The summed E-state index contributed by atoms with van der Waals surface area (Å²) < 4.78 is 4.96. The van der Waals surface area contributed by atoms with Crippen molar-refractivity contribution >= 4 is 11.9 Å². The molecule has 116 valence electrons. The van der Waals surface area contributed by atoms with Crippen LogP contribution in [-0.4, -0.2) is 23.7 Å². The van der Waals surface area contributed by atoms with Crippen molar-refractivity contribution in [3.63, 3.8) is 0 Å². The number of carboxylic acid groups (broad SMARTS) is 1. The van der Waals surface area contributed by atoms with Gasteiger partial charge in [-0.05, 0) is 18.6 Å². The van der Waals surface area contributed by atoms with Gasteiger partial charge in [0.15, 0.2) is 0 Å². The summed E-state index contributed by atoms with van der Waals surface area (Å²) in [5, 5.41) is 8.88. The average Bonchev–Trinajstić information content (AvgIpc) is 2.57. The number of hydrogen-bond acceptors (Lipinski definition) is 3. The van der Waals surface area contributed by atoms with E-state index in [2.05, 4.69) is 0 Å². The van der Waals surface area contributed by atoms with Gasteiger partial charge in [-0.25, -0.2) is 9.59 Å². The SMILES string of the molecule is CCCCOC(=O)c1ccccc1C(=O)O.c1ccccc1. The summed E-state index contributed by atoms with van der Waals surface area (Å²) in [6, 6.07) is 18.0. The quantitative estimate of drug-likeness (QED) is 0.669. The van der Waals surface area contributed by atoms with E-state index in [9.17, 15) is 9.59 Å². The van der Waals surface area contributed by atoms with Crippen molar-refractivity contribution in [2.24, 2.45) is 0 Å². The zero-order valence-corrected chi connectivity index (χ0v) is 12.6. The van der Waals surface area contributed by atoms with Crippen LogP contribution >= 0.6 is 0 Å². The van der Waals surface area contributed by atoms with Gasteiger partial charge in [0.05, 0.1) is 17.7 Å². The molecular formula is C18H20O4. The number of hydrogen-bond donors (Lipinski definition) is 1. The van der Waals surface area contributed by atoms with E-state index in [4.69, 9.17) is 9.84 Å². The summed E-state index contributed by atoms with van der Waals surface area (Å²) in [5.41, 5.74) is 0.0788. The first-order chi connectivity index (χ1) is 10.7. The average molecular weight is 300 g/mol. The molecule has 2 aromatic carbocycles. The maximum absolute atomic E-state index is 11.6. The Bertz CT molecular complexity index is 552. The number of aromatic carboxylic acids is 1. The van der Waals surface area contributed by atoms with Gasteiger partial charge < -0.3 is 9.84 Å². The van der Waals surface area contributed by atoms with E-state index in [0.717, 1.165) is 12.8 Å². The molecule has 0 atom stereocenters. The van der Waals surface area contributed by atoms with Crippen molar-refractivity contribution in [1.29, 1.82) is 0 Å². The molecule has 0 aliphatic rings. The van der Waals surface area contributed by atoms with Gasteiger partial charge in [0.2, 0.25) is 0 Å². The highest BCUT2D eigenvalue weighted by Crippen LogP contribution is 2.10. The van der Waals surface area contributed by atoms with Gasteiger partial charge in [0.1, 0.15) is 0 Å². The summed E-state index contributed by atoms with van der Waals surface area (Å²) in [4.78, 5) is 22.4. The number of ether oxygens (including phenoxy) is 1. The molecule has 2 aromatic rings. The molecule has 0 unspecified atom stereocenters. The molecule has 0 saturated carbocycles. The minimum absolute atomic E-state index is 0.0241. The zero-order chi connectivity index (χ0) is 16.2. The fourth-order valence-corrected chi connectivity index (χ4v) is 1.62. The lowest BCUT2D eigenvalue weighted by atomic mass is 10.1. The molecule has 0 spiro atoms. The Balaban J connectivity index is 0.000000335. The lowest BCUT2D eigenvalue weighted by molar-refractivity contribution is 0.0489. The second-order valence-electron chi connectivity index (χ2n) is 4.49. The molecule has 0 radical (unpaired) electrons. The van der Waals surface area contributed by atoms with Crippen LogP contribution in [0.2, 0.25) is 0 Å². The Morgan fingerprint density at radius 2 is 1.41 bits per heavy atom. The van der Waals surface area contributed by atoms with E-state index in [1.165, 1.54) is 12.1 Å². The van der Waals surface area contributed by atoms with Crippen LogP contribution in [0.5, 0.6) is 0 Å².